The van der Waals surface area contributed by atoms with Gasteiger partial charge in [0.1, 0.15) is 10.3 Å². The zero-order valence-electron chi connectivity index (χ0n) is 10.3. The van der Waals surface area contributed by atoms with Crippen LogP contribution in [0.25, 0.3) is 21.8 Å². The molecule has 0 aliphatic rings. The highest BCUT2D eigenvalue weighted by Gasteiger charge is 2.15. The topological polar surface area (TPSA) is 25.8 Å². The van der Waals surface area contributed by atoms with Crippen LogP contribution >= 0.6 is 66.4 Å². The van der Waals surface area contributed by atoms with Crippen LogP contribution in [0.5, 0.6) is 0 Å². The lowest BCUT2D eigenvalue weighted by Crippen LogP contribution is -1.93. The van der Waals surface area contributed by atoms with Crippen molar-refractivity contribution in [1.29, 1.82) is 0 Å². The van der Waals surface area contributed by atoms with Gasteiger partial charge in [0.05, 0.1) is 14.2 Å². The van der Waals surface area contributed by atoms with E-state index in [4.69, 9.17) is 23.2 Å². The Bertz CT molecular complexity index is 780. The Morgan fingerprint density at radius 2 is 1.48 bits per heavy atom. The molecule has 1 aromatic carbocycles. The summed E-state index contributed by atoms with van der Waals surface area (Å²) in [6.07, 6.45) is 0. The van der Waals surface area contributed by atoms with Gasteiger partial charge in [-0.2, -0.15) is 0 Å². The molecule has 2 aromatic heterocycles. The second-order valence-electron chi connectivity index (χ2n) is 4.11. The van der Waals surface area contributed by atoms with Crippen LogP contribution in [0.3, 0.4) is 0 Å². The van der Waals surface area contributed by atoms with Crippen molar-refractivity contribution in [1.82, 2.24) is 9.97 Å². The first-order chi connectivity index (χ1) is 10.0. The highest BCUT2D eigenvalue weighted by atomic mass is 79.9. The van der Waals surface area contributed by atoms with Crippen LogP contribution < -0.4 is 0 Å². The summed E-state index contributed by atoms with van der Waals surface area (Å²) in [5.41, 5.74) is 1.53. The number of hydrogen-bond acceptors (Lipinski definition) is 3. The number of rotatable bonds is 2. The monoisotopic (exact) mass is 462 g/mol. The van der Waals surface area contributed by atoms with Gasteiger partial charge in [-0.15, -0.1) is 11.3 Å². The Kier molecular flexibility index (Phi) is 4.66. The van der Waals surface area contributed by atoms with Gasteiger partial charge in [-0.25, -0.2) is 9.97 Å². The molecule has 0 fully saturated rings. The zero-order valence-corrected chi connectivity index (χ0v) is 15.8. The van der Waals surface area contributed by atoms with Gasteiger partial charge in [0, 0.05) is 4.47 Å². The molecule has 7 heteroatoms. The van der Waals surface area contributed by atoms with Gasteiger partial charge in [0.15, 0.2) is 5.82 Å². The maximum atomic E-state index is 6.31. The van der Waals surface area contributed by atoms with Crippen molar-refractivity contribution in [2.75, 3.05) is 0 Å². The van der Waals surface area contributed by atoms with Crippen LogP contribution in [0.1, 0.15) is 0 Å². The summed E-state index contributed by atoms with van der Waals surface area (Å²) in [5.74, 6) is 0.529. The first-order valence-electron chi connectivity index (χ1n) is 5.79. The summed E-state index contributed by atoms with van der Waals surface area (Å²) in [6.45, 7) is 0. The van der Waals surface area contributed by atoms with Gasteiger partial charge in [-0.05, 0) is 45.8 Å². The third-order valence-corrected chi connectivity index (χ3v) is 5.44. The predicted molar refractivity (Wildman–Crippen MR) is 96.2 cm³/mol. The zero-order chi connectivity index (χ0) is 15.0. The molecular weight excluding hydrogens is 459 g/mol. The lowest BCUT2D eigenvalue weighted by molar-refractivity contribution is 1.19. The van der Waals surface area contributed by atoms with Crippen LogP contribution in [0.4, 0.5) is 0 Å². The van der Waals surface area contributed by atoms with Crippen LogP contribution in [0, 0.1) is 0 Å². The fraction of sp³-hybridized carbons (Fsp3) is 0. The van der Waals surface area contributed by atoms with E-state index in [1.54, 1.807) is 0 Å². The quantitative estimate of drug-likeness (QED) is 0.394. The van der Waals surface area contributed by atoms with E-state index in [0.29, 0.717) is 21.7 Å². The molecule has 0 saturated carbocycles. The maximum Gasteiger partial charge on any atom is 0.172 e. The van der Waals surface area contributed by atoms with Crippen molar-refractivity contribution < 1.29 is 0 Å². The number of thiophene rings is 1. The molecule has 0 atom stereocenters. The second-order valence-corrected chi connectivity index (χ2v) is 8.21. The molecule has 0 saturated heterocycles. The Morgan fingerprint density at radius 1 is 0.857 bits per heavy atom. The first kappa shape index (κ1) is 15.4. The molecule has 106 valence electrons. The standard InChI is InChI=1S/C14H6Br2Cl2N2S/c15-8-3-1-7(2-4-8)11-12(17)19-14(20-13(11)18)9-5-6-10(16)21-9/h1-6H. The molecule has 0 N–H and O–H groups in total. The maximum absolute atomic E-state index is 6.31. The van der Waals surface area contributed by atoms with Crippen molar-refractivity contribution in [3.8, 4) is 21.8 Å². The van der Waals surface area contributed by atoms with Crippen LogP contribution in [-0.4, -0.2) is 9.97 Å². The Labute approximate surface area is 152 Å². The minimum atomic E-state index is 0.344. The largest absolute Gasteiger partial charge is 0.215 e. The number of halogens is 4. The van der Waals surface area contributed by atoms with Crippen LogP contribution in [0.2, 0.25) is 10.3 Å². The molecule has 2 heterocycles. The van der Waals surface area contributed by atoms with Gasteiger partial charge in [-0.1, -0.05) is 51.3 Å². The minimum Gasteiger partial charge on any atom is -0.215 e. The fourth-order valence-electron chi connectivity index (χ4n) is 1.81. The number of benzene rings is 1. The lowest BCUT2D eigenvalue weighted by Gasteiger charge is -2.08. The Balaban J connectivity index is 2.10. The van der Waals surface area contributed by atoms with E-state index in [2.05, 4.69) is 41.8 Å². The molecular formula is C14H6Br2Cl2N2S. The number of aromatic nitrogens is 2. The van der Waals surface area contributed by atoms with Crippen molar-refractivity contribution >= 4 is 66.4 Å². The second kappa shape index (κ2) is 6.34. The normalized spacial score (nSPS) is 10.9. The average Bonchev–Trinajstić information content (AvgIpc) is 2.87. The molecule has 3 rings (SSSR count). The molecule has 0 bridgehead atoms. The highest BCUT2D eigenvalue weighted by Crippen LogP contribution is 2.36. The molecule has 0 unspecified atom stereocenters. The summed E-state index contributed by atoms with van der Waals surface area (Å²) in [5, 5.41) is 0.689. The van der Waals surface area contributed by atoms with Crippen LogP contribution in [0.15, 0.2) is 44.7 Å². The first-order valence-corrected chi connectivity index (χ1v) is 8.95. The molecule has 0 amide bonds. The third kappa shape index (κ3) is 3.32. The van der Waals surface area contributed by atoms with Gasteiger partial charge in [-0.3, -0.25) is 0 Å². The smallest absolute Gasteiger partial charge is 0.172 e. The molecule has 3 aromatic rings. The predicted octanol–water partition coefficient (Wildman–Crippen LogP) is 6.70. The summed E-state index contributed by atoms with van der Waals surface area (Å²) in [6, 6.07) is 11.5. The summed E-state index contributed by atoms with van der Waals surface area (Å²) in [7, 11) is 0. The van der Waals surface area contributed by atoms with Crippen LogP contribution in [-0.2, 0) is 0 Å². The van der Waals surface area contributed by atoms with Gasteiger partial charge < -0.3 is 0 Å². The molecule has 0 radical (unpaired) electrons. The SMILES string of the molecule is Clc1nc(-c2ccc(Br)s2)nc(Cl)c1-c1ccc(Br)cc1. The van der Waals surface area contributed by atoms with Crippen molar-refractivity contribution in [3.63, 3.8) is 0 Å². The molecule has 0 aliphatic heterocycles. The summed E-state index contributed by atoms with van der Waals surface area (Å²) >= 11 is 21.0. The van der Waals surface area contributed by atoms with Crippen molar-refractivity contribution in [3.05, 3.63) is 55.0 Å². The van der Waals surface area contributed by atoms with E-state index in [1.807, 2.05) is 36.4 Å². The van der Waals surface area contributed by atoms with Gasteiger partial charge in [0.2, 0.25) is 0 Å². The average molecular weight is 465 g/mol. The third-order valence-electron chi connectivity index (χ3n) is 2.75. The Morgan fingerprint density at radius 3 is 2.00 bits per heavy atom. The van der Waals surface area contributed by atoms with Crippen molar-refractivity contribution in [2.24, 2.45) is 0 Å². The van der Waals surface area contributed by atoms with E-state index in [-0.39, 0.29) is 0 Å². The van der Waals surface area contributed by atoms with Gasteiger partial charge >= 0.3 is 0 Å². The molecule has 21 heavy (non-hydrogen) atoms. The molecule has 2 nitrogen and oxygen atoms in total. The fourth-order valence-corrected chi connectivity index (χ4v) is 4.00. The van der Waals surface area contributed by atoms with E-state index < -0.39 is 0 Å². The summed E-state index contributed by atoms with van der Waals surface area (Å²) in [4.78, 5) is 9.64. The number of hydrogen-bond donors (Lipinski definition) is 0. The Hall–Kier alpha value is -0.460. The minimum absolute atomic E-state index is 0.344. The van der Waals surface area contributed by atoms with Crippen molar-refractivity contribution in [2.45, 2.75) is 0 Å². The highest BCUT2D eigenvalue weighted by molar-refractivity contribution is 9.11. The molecule has 0 spiro atoms. The van der Waals surface area contributed by atoms with E-state index in [0.717, 1.165) is 18.7 Å². The number of nitrogens with zero attached hydrogens (tertiary/aromatic N) is 2. The lowest BCUT2D eigenvalue weighted by atomic mass is 10.1. The van der Waals surface area contributed by atoms with E-state index >= 15 is 0 Å². The van der Waals surface area contributed by atoms with E-state index in [9.17, 15) is 0 Å². The van der Waals surface area contributed by atoms with E-state index in [1.165, 1.54) is 11.3 Å². The molecule has 0 aliphatic carbocycles. The summed E-state index contributed by atoms with van der Waals surface area (Å²) < 4.78 is 1.99. The van der Waals surface area contributed by atoms with Gasteiger partial charge in [0.25, 0.3) is 0 Å².